The first-order valence-electron chi connectivity index (χ1n) is 2.60. The van der Waals surface area contributed by atoms with Gasteiger partial charge in [-0.3, -0.25) is 0 Å². The van der Waals surface area contributed by atoms with Gasteiger partial charge < -0.3 is 4.43 Å². The van der Waals surface area contributed by atoms with Crippen molar-refractivity contribution in [2.75, 3.05) is 6.61 Å². The second-order valence-electron chi connectivity index (χ2n) is 1.36. The fraction of sp³-hybridized carbons (Fsp3) is 0.600. The van der Waals surface area contributed by atoms with Crippen LogP contribution in [0, 0.1) is 0 Å². The normalized spacial score (nSPS) is 10.4. The minimum absolute atomic E-state index is 0.325. The Morgan fingerprint density at radius 3 is 3.00 bits per heavy atom. The lowest BCUT2D eigenvalue weighted by Gasteiger charge is -1.92. The summed E-state index contributed by atoms with van der Waals surface area (Å²) in [5, 5.41) is 0. The quantitative estimate of drug-likeness (QED) is 0.387. The molecule has 0 unspecified atom stereocenters. The fourth-order valence-corrected chi connectivity index (χ4v) is 0.933. The van der Waals surface area contributed by atoms with Crippen molar-refractivity contribution in [1.29, 1.82) is 0 Å². The van der Waals surface area contributed by atoms with Gasteiger partial charge in [0.25, 0.3) is 0 Å². The van der Waals surface area contributed by atoms with Crippen molar-refractivity contribution >= 4 is 9.76 Å². The molecule has 42 valence electrons. The summed E-state index contributed by atoms with van der Waals surface area (Å²) in [6.07, 6.45) is 1.13. The van der Waals surface area contributed by atoms with Crippen molar-refractivity contribution in [2.45, 2.75) is 13.3 Å². The zero-order chi connectivity index (χ0) is 5.54. The van der Waals surface area contributed by atoms with Gasteiger partial charge in [-0.15, -0.1) is 6.58 Å². The van der Waals surface area contributed by atoms with E-state index in [1.165, 1.54) is 0 Å². The second kappa shape index (κ2) is 5.92. The molecule has 0 radical (unpaired) electrons. The summed E-state index contributed by atoms with van der Waals surface area (Å²) < 4.78 is 5.15. The third-order valence-corrected chi connectivity index (χ3v) is 1.34. The molecule has 0 fully saturated rings. The molecule has 0 amide bonds. The molecular weight excluding hydrogens is 104 g/mol. The van der Waals surface area contributed by atoms with Crippen LogP contribution in [-0.4, -0.2) is 16.4 Å². The Morgan fingerprint density at radius 2 is 2.57 bits per heavy atom. The van der Waals surface area contributed by atoms with Crippen LogP contribution < -0.4 is 0 Å². The molecule has 0 aromatic rings. The summed E-state index contributed by atoms with van der Waals surface area (Å²) in [5.74, 6) is 0. The van der Waals surface area contributed by atoms with Crippen LogP contribution in [-0.2, 0) is 4.43 Å². The highest BCUT2D eigenvalue weighted by atomic mass is 28.2. The van der Waals surface area contributed by atoms with Gasteiger partial charge >= 0.3 is 0 Å². The van der Waals surface area contributed by atoms with Gasteiger partial charge in [0, 0.05) is 6.61 Å². The monoisotopic (exact) mass is 116 g/mol. The highest BCUT2D eigenvalue weighted by Crippen LogP contribution is 1.75. The Labute approximate surface area is 47.3 Å². The summed E-state index contributed by atoms with van der Waals surface area (Å²) in [6.45, 7) is 6.59. The number of hydrogen-bond donors (Lipinski definition) is 0. The molecule has 0 saturated carbocycles. The lowest BCUT2D eigenvalue weighted by atomic mass is 10.5. The third-order valence-electron chi connectivity index (χ3n) is 0.584. The first-order chi connectivity index (χ1) is 3.41. The van der Waals surface area contributed by atoms with Crippen LogP contribution in [0.15, 0.2) is 12.3 Å². The topological polar surface area (TPSA) is 9.23 Å². The minimum atomic E-state index is -0.325. The Morgan fingerprint density at radius 1 is 1.86 bits per heavy atom. The van der Waals surface area contributed by atoms with Crippen LogP contribution in [0.5, 0.6) is 0 Å². The molecule has 0 aliphatic heterocycles. The Balaban J connectivity index is 2.56. The molecule has 0 aliphatic carbocycles. The molecule has 0 aromatic carbocycles. The van der Waals surface area contributed by atoms with Crippen LogP contribution in [0.2, 0.25) is 0 Å². The van der Waals surface area contributed by atoms with Gasteiger partial charge in [0.05, 0.1) is 0 Å². The average molecular weight is 116 g/mol. The third kappa shape index (κ3) is 5.92. The van der Waals surface area contributed by atoms with E-state index in [0.717, 1.165) is 13.0 Å². The van der Waals surface area contributed by atoms with Crippen LogP contribution in [0.4, 0.5) is 0 Å². The summed E-state index contributed by atoms with van der Waals surface area (Å²) in [7, 11) is -0.325. The van der Waals surface area contributed by atoms with E-state index in [4.69, 9.17) is 4.43 Å². The van der Waals surface area contributed by atoms with Crippen molar-refractivity contribution in [2.24, 2.45) is 0 Å². The molecule has 1 nitrogen and oxygen atoms in total. The average Bonchev–Trinajstić information content (AvgIpc) is 1.69. The molecule has 0 atom stereocenters. The van der Waals surface area contributed by atoms with E-state index in [2.05, 4.69) is 13.5 Å². The fourth-order valence-electron chi connectivity index (χ4n) is 0.311. The van der Waals surface area contributed by atoms with Crippen molar-refractivity contribution in [3.8, 4) is 0 Å². The lowest BCUT2D eigenvalue weighted by Crippen LogP contribution is -1.94. The van der Waals surface area contributed by atoms with Crippen molar-refractivity contribution in [3.63, 3.8) is 0 Å². The molecule has 0 aliphatic rings. The summed E-state index contributed by atoms with van der Waals surface area (Å²) in [6, 6.07) is 0. The summed E-state index contributed by atoms with van der Waals surface area (Å²) >= 11 is 0. The first kappa shape index (κ1) is 6.92. The van der Waals surface area contributed by atoms with Gasteiger partial charge in [0.15, 0.2) is 9.76 Å². The molecule has 0 rings (SSSR count). The van der Waals surface area contributed by atoms with Crippen molar-refractivity contribution in [1.82, 2.24) is 0 Å². The number of hydrogen-bond acceptors (Lipinski definition) is 1. The molecule has 0 spiro atoms. The van der Waals surface area contributed by atoms with Crippen molar-refractivity contribution < 1.29 is 4.43 Å². The van der Waals surface area contributed by atoms with Crippen LogP contribution in [0.25, 0.3) is 0 Å². The smallest absolute Gasteiger partial charge is 0.184 e. The van der Waals surface area contributed by atoms with Crippen LogP contribution in [0.1, 0.15) is 13.3 Å². The highest BCUT2D eigenvalue weighted by Gasteiger charge is 1.76. The first-order valence-corrected chi connectivity index (χ1v) is 3.99. The van der Waals surface area contributed by atoms with E-state index in [-0.39, 0.29) is 9.76 Å². The molecule has 0 bridgehead atoms. The largest absolute Gasteiger partial charge is 0.419 e. The SMILES string of the molecule is C=C[SiH2]OCCC. The van der Waals surface area contributed by atoms with E-state index in [1.807, 2.05) is 5.70 Å². The van der Waals surface area contributed by atoms with E-state index in [9.17, 15) is 0 Å². The van der Waals surface area contributed by atoms with Gasteiger partial charge in [0.1, 0.15) is 0 Å². The van der Waals surface area contributed by atoms with E-state index < -0.39 is 0 Å². The highest BCUT2D eigenvalue weighted by molar-refractivity contribution is 6.33. The van der Waals surface area contributed by atoms with E-state index in [0.29, 0.717) is 0 Å². The molecule has 7 heavy (non-hydrogen) atoms. The Hall–Kier alpha value is -0.0831. The second-order valence-corrected chi connectivity index (χ2v) is 2.68. The molecule has 0 N–H and O–H groups in total. The summed E-state index contributed by atoms with van der Waals surface area (Å²) in [5.41, 5.74) is 1.90. The van der Waals surface area contributed by atoms with Gasteiger partial charge in [-0.1, -0.05) is 12.6 Å². The minimum Gasteiger partial charge on any atom is -0.419 e. The molecule has 0 aromatic heterocycles. The predicted molar refractivity (Wildman–Crippen MR) is 35.0 cm³/mol. The zero-order valence-corrected chi connectivity index (χ0v) is 6.23. The van der Waals surface area contributed by atoms with Gasteiger partial charge in [0.2, 0.25) is 0 Å². The van der Waals surface area contributed by atoms with E-state index in [1.54, 1.807) is 0 Å². The molecule has 0 saturated heterocycles. The lowest BCUT2D eigenvalue weighted by molar-refractivity contribution is 0.341. The molecule has 2 heteroatoms. The van der Waals surface area contributed by atoms with Gasteiger partial charge in [-0.25, -0.2) is 0 Å². The zero-order valence-electron chi connectivity index (χ0n) is 4.81. The van der Waals surface area contributed by atoms with E-state index >= 15 is 0 Å². The van der Waals surface area contributed by atoms with Crippen molar-refractivity contribution in [3.05, 3.63) is 12.3 Å². The standard InChI is InChI=1S/C5H12OSi/c1-3-5-6-7-4-2/h4H,2-3,5,7H2,1H3. The maximum absolute atomic E-state index is 5.15. The van der Waals surface area contributed by atoms with Crippen LogP contribution in [0.3, 0.4) is 0 Å². The molecular formula is C5H12OSi. The maximum atomic E-state index is 5.15. The van der Waals surface area contributed by atoms with Gasteiger partial charge in [-0.05, 0) is 6.42 Å². The Kier molecular flexibility index (Phi) is 5.85. The van der Waals surface area contributed by atoms with Gasteiger partial charge in [-0.2, -0.15) is 0 Å². The molecule has 0 heterocycles. The predicted octanol–water partition coefficient (Wildman–Crippen LogP) is 0.640. The Bertz CT molecular complexity index is 45.3. The van der Waals surface area contributed by atoms with Crippen LogP contribution >= 0.6 is 0 Å². The number of rotatable bonds is 4. The maximum Gasteiger partial charge on any atom is 0.184 e. The summed E-state index contributed by atoms with van der Waals surface area (Å²) in [4.78, 5) is 0.